The van der Waals surface area contributed by atoms with Gasteiger partial charge in [-0.2, -0.15) is 5.10 Å². The lowest BCUT2D eigenvalue weighted by atomic mass is 10.0. The first-order valence-electron chi connectivity index (χ1n) is 3.91. The van der Waals surface area contributed by atoms with E-state index in [1.807, 2.05) is 6.92 Å². The highest BCUT2D eigenvalue weighted by atomic mass is 16.5. The van der Waals surface area contributed by atoms with Crippen molar-refractivity contribution in [3.8, 4) is 0 Å². The Kier molecular flexibility index (Phi) is 3.04. The summed E-state index contributed by atoms with van der Waals surface area (Å²) in [4.78, 5) is 0. The number of hydrogen-bond acceptors (Lipinski definition) is 3. The van der Waals surface area contributed by atoms with Crippen molar-refractivity contribution in [3.63, 3.8) is 0 Å². The van der Waals surface area contributed by atoms with Crippen LogP contribution in [-0.4, -0.2) is 24.9 Å². The van der Waals surface area contributed by atoms with E-state index in [1.54, 1.807) is 0 Å². The fourth-order valence-electron chi connectivity index (χ4n) is 1.08. The van der Waals surface area contributed by atoms with Gasteiger partial charge in [-0.25, -0.2) is 0 Å². The molecular formula is C7H14N4O. The van der Waals surface area contributed by atoms with E-state index in [9.17, 15) is 0 Å². The summed E-state index contributed by atoms with van der Waals surface area (Å²) in [6.07, 6.45) is 1.01. The summed E-state index contributed by atoms with van der Waals surface area (Å²) in [5.74, 6) is 0.376. The molecule has 5 nitrogen and oxygen atoms in total. The third-order valence-electron chi connectivity index (χ3n) is 1.84. The summed E-state index contributed by atoms with van der Waals surface area (Å²) in [6.45, 7) is 3.44. The molecule has 1 unspecified atom stereocenters. The van der Waals surface area contributed by atoms with Gasteiger partial charge in [-0.05, 0) is 13.3 Å². The van der Waals surface area contributed by atoms with Crippen LogP contribution in [0.25, 0.3) is 0 Å². The molecule has 1 aliphatic rings. The van der Waals surface area contributed by atoms with E-state index >= 15 is 0 Å². The van der Waals surface area contributed by atoms with E-state index in [0.717, 1.165) is 25.3 Å². The van der Waals surface area contributed by atoms with Crippen LogP contribution in [0.4, 0.5) is 0 Å². The molecular weight excluding hydrogens is 156 g/mol. The first kappa shape index (κ1) is 8.99. The minimum Gasteiger partial charge on any atom is -0.381 e. The van der Waals surface area contributed by atoms with E-state index < -0.39 is 0 Å². The third kappa shape index (κ3) is 2.50. The van der Waals surface area contributed by atoms with Gasteiger partial charge in [0.25, 0.3) is 0 Å². The maximum atomic E-state index is 5.19. The lowest BCUT2D eigenvalue weighted by Gasteiger charge is -2.03. The van der Waals surface area contributed by atoms with Crippen LogP contribution in [0.15, 0.2) is 10.2 Å². The standard InChI is InChI=1S/C7H14N4O/c1-5(10-11-7(8)9)6-2-3-12-4-6/h6H,2-4H2,1H3,(H4,8,9,11)/b10-5+. The molecule has 1 rings (SSSR count). The molecule has 0 aromatic carbocycles. The lowest BCUT2D eigenvalue weighted by molar-refractivity contribution is 0.193. The van der Waals surface area contributed by atoms with Gasteiger partial charge in [-0.3, -0.25) is 0 Å². The van der Waals surface area contributed by atoms with Gasteiger partial charge in [0.1, 0.15) is 0 Å². The highest BCUT2D eigenvalue weighted by molar-refractivity contribution is 5.85. The Labute approximate surface area is 71.5 Å². The zero-order valence-electron chi connectivity index (χ0n) is 7.16. The molecule has 68 valence electrons. The number of guanidine groups is 1. The van der Waals surface area contributed by atoms with Crippen LogP contribution in [0.3, 0.4) is 0 Å². The Balaban J connectivity index is 2.50. The molecule has 0 spiro atoms. The second-order valence-electron chi connectivity index (χ2n) is 2.83. The van der Waals surface area contributed by atoms with Gasteiger partial charge in [-0.1, -0.05) is 0 Å². The highest BCUT2D eigenvalue weighted by Crippen LogP contribution is 2.13. The summed E-state index contributed by atoms with van der Waals surface area (Å²) in [5.41, 5.74) is 11.2. The van der Waals surface area contributed by atoms with Crippen molar-refractivity contribution < 1.29 is 4.74 Å². The van der Waals surface area contributed by atoms with Gasteiger partial charge in [0, 0.05) is 18.2 Å². The smallest absolute Gasteiger partial charge is 0.211 e. The largest absolute Gasteiger partial charge is 0.381 e. The molecule has 1 saturated heterocycles. The maximum Gasteiger partial charge on any atom is 0.211 e. The van der Waals surface area contributed by atoms with E-state index in [4.69, 9.17) is 16.2 Å². The Bertz CT molecular complexity index is 201. The van der Waals surface area contributed by atoms with Gasteiger partial charge in [0.15, 0.2) is 0 Å². The quantitative estimate of drug-likeness (QED) is 0.338. The molecule has 0 aliphatic carbocycles. The van der Waals surface area contributed by atoms with Crippen molar-refractivity contribution >= 4 is 11.7 Å². The van der Waals surface area contributed by atoms with E-state index in [0.29, 0.717) is 5.92 Å². The first-order valence-corrected chi connectivity index (χ1v) is 3.91. The Morgan fingerprint density at radius 2 is 2.17 bits per heavy atom. The fraction of sp³-hybridized carbons (Fsp3) is 0.714. The summed E-state index contributed by atoms with van der Waals surface area (Å²) in [5, 5.41) is 7.45. The average molecular weight is 170 g/mol. The number of nitrogens with two attached hydrogens (primary N) is 2. The summed E-state index contributed by atoms with van der Waals surface area (Å²) in [7, 11) is 0. The van der Waals surface area contributed by atoms with Gasteiger partial charge in [-0.15, -0.1) is 5.10 Å². The fourth-order valence-corrected chi connectivity index (χ4v) is 1.08. The molecule has 1 heterocycles. The Morgan fingerprint density at radius 1 is 1.42 bits per heavy atom. The average Bonchev–Trinajstić information content (AvgIpc) is 2.51. The van der Waals surface area contributed by atoms with Crippen molar-refractivity contribution in [2.45, 2.75) is 13.3 Å². The molecule has 4 N–H and O–H groups in total. The molecule has 12 heavy (non-hydrogen) atoms. The topological polar surface area (TPSA) is 86.0 Å². The highest BCUT2D eigenvalue weighted by Gasteiger charge is 2.18. The van der Waals surface area contributed by atoms with E-state index in [1.165, 1.54) is 0 Å². The van der Waals surface area contributed by atoms with Gasteiger partial charge >= 0.3 is 0 Å². The van der Waals surface area contributed by atoms with Crippen LogP contribution in [-0.2, 0) is 4.74 Å². The normalized spacial score (nSPS) is 24.1. The van der Waals surface area contributed by atoms with Crippen LogP contribution >= 0.6 is 0 Å². The summed E-state index contributed by atoms with van der Waals surface area (Å²) >= 11 is 0. The van der Waals surface area contributed by atoms with Crippen LogP contribution in [0.5, 0.6) is 0 Å². The van der Waals surface area contributed by atoms with Crippen LogP contribution in [0.1, 0.15) is 13.3 Å². The number of hydrogen-bond donors (Lipinski definition) is 2. The minimum absolute atomic E-state index is 0.00624. The van der Waals surface area contributed by atoms with Crippen molar-refractivity contribution in [1.82, 2.24) is 0 Å². The van der Waals surface area contributed by atoms with Gasteiger partial charge < -0.3 is 16.2 Å². The SMILES string of the molecule is C/C(=N\N=C(N)N)C1CCOC1. The van der Waals surface area contributed by atoms with Gasteiger partial charge in [0.2, 0.25) is 5.96 Å². The second-order valence-corrected chi connectivity index (χ2v) is 2.83. The zero-order chi connectivity index (χ0) is 8.97. The molecule has 0 amide bonds. The summed E-state index contributed by atoms with van der Waals surface area (Å²) < 4.78 is 5.19. The van der Waals surface area contributed by atoms with Crippen molar-refractivity contribution in [3.05, 3.63) is 0 Å². The number of rotatable bonds is 2. The third-order valence-corrected chi connectivity index (χ3v) is 1.84. The molecule has 5 heteroatoms. The van der Waals surface area contributed by atoms with Crippen LogP contribution in [0, 0.1) is 5.92 Å². The predicted octanol–water partition coefficient (Wildman–Crippen LogP) is -0.328. The second kappa shape index (κ2) is 4.06. The monoisotopic (exact) mass is 170 g/mol. The molecule has 1 fully saturated rings. The lowest BCUT2D eigenvalue weighted by Crippen LogP contribution is -2.22. The molecule has 1 aliphatic heterocycles. The van der Waals surface area contributed by atoms with Crippen molar-refractivity contribution in [2.24, 2.45) is 27.6 Å². The minimum atomic E-state index is -0.00624. The molecule has 0 bridgehead atoms. The van der Waals surface area contributed by atoms with E-state index in [-0.39, 0.29) is 5.96 Å². The Morgan fingerprint density at radius 3 is 2.67 bits per heavy atom. The van der Waals surface area contributed by atoms with Crippen LogP contribution in [0.2, 0.25) is 0 Å². The zero-order valence-corrected chi connectivity index (χ0v) is 7.16. The first-order chi connectivity index (χ1) is 5.70. The van der Waals surface area contributed by atoms with Gasteiger partial charge in [0.05, 0.1) is 6.61 Å². The van der Waals surface area contributed by atoms with E-state index in [2.05, 4.69) is 10.2 Å². The number of nitrogens with zero attached hydrogens (tertiary/aromatic N) is 2. The maximum absolute atomic E-state index is 5.19. The molecule has 0 aromatic rings. The predicted molar refractivity (Wildman–Crippen MR) is 47.8 cm³/mol. The van der Waals surface area contributed by atoms with Crippen molar-refractivity contribution in [1.29, 1.82) is 0 Å². The van der Waals surface area contributed by atoms with Crippen molar-refractivity contribution in [2.75, 3.05) is 13.2 Å². The molecule has 1 atom stereocenters. The summed E-state index contributed by atoms with van der Waals surface area (Å²) in [6, 6.07) is 0. The number of ether oxygens (including phenoxy) is 1. The molecule has 0 radical (unpaired) electrons. The molecule has 0 saturated carbocycles. The molecule has 0 aromatic heterocycles. The Hall–Kier alpha value is -1.10. The van der Waals surface area contributed by atoms with Crippen LogP contribution < -0.4 is 11.5 Å².